The van der Waals surface area contributed by atoms with Crippen LogP contribution in [0.2, 0.25) is 0 Å². The molecule has 108 valence electrons. The number of hydrogen-bond donors (Lipinski definition) is 0. The van der Waals surface area contributed by atoms with Gasteiger partial charge in [0.05, 0.1) is 0 Å². The summed E-state index contributed by atoms with van der Waals surface area (Å²) in [6, 6.07) is 17.3. The fourth-order valence-corrected chi connectivity index (χ4v) is 2.91. The molecule has 1 aliphatic heterocycles. The van der Waals surface area contributed by atoms with Crippen molar-refractivity contribution in [1.82, 2.24) is 0 Å². The minimum Gasteiger partial charge on any atom is -0.457 e. The van der Waals surface area contributed by atoms with Gasteiger partial charge in [-0.2, -0.15) is 0 Å². The number of carbonyl (C=O) groups excluding carboxylic acids is 1. The van der Waals surface area contributed by atoms with Crippen molar-refractivity contribution in [3.8, 4) is 11.5 Å². The maximum Gasteiger partial charge on any atom is 0.227 e. The molecule has 0 aromatic heterocycles. The van der Waals surface area contributed by atoms with Crippen LogP contribution in [0.25, 0.3) is 0 Å². The summed E-state index contributed by atoms with van der Waals surface area (Å²) in [5.41, 5.74) is 0.900. The Kier molecular flexibility index (Phi) is 4.25. The molecule has 1 heterocycles. The third-order valence-corrected chi connectivity index (χ3v) is 4.45. The molecule has 3 rings (SSSR count). The molecule has 0 N–H and O–H groups in total. The highest BCUT2D eigenvalue weighted by Crippen LogP contribution is 2.30. The summed E-state index contributed by atoms with van der Waals surface area (Å²) in [5, 5.41) is 0.857. The predicted molar refractivity (Wildman–Crippen MR) is 87.2 cm³/mol. The van der Waals surface area contributed by atoms with Crippen molar-refractivity contribution in [2.45, 2.75) is 6.42 Å². The minimum atomic E-state index is 0.177. The van der Waals surface area contributed by atoms with Crippen LogP contribution in [0.5, 0.6) is 11.5 Å². The van der Waals surface area contributed by atoms with Crippen molar-refractivity contribution < 1.29 is 9.53 Å². The molecule has 1 unspecified atom stereocenters. The van der Waals surface area contributed by atoms with E-state index in [2.05, 4.69) is 15.9 Å². The van der Waals surface area contributed by atoms with Gasteiger partial charge in [-0.25, -0.2) is 0 Å². The highest BCUT2D eigenvalue weighted by atomic mass is 79.9. The fraction of sp³-hybridized carbons (Fsp3) is 0.235. The molecule has 0 bridgehead atoms. The molecule has 0 aliphatic carbocycles. The number of hydrogen-bond acceptors (Lipinski definition) is 2. The molecule has 1 atom stereocenters. The van der Waals surface area contributed by atoms with Crippen molar-refractivity contribution in [3.63, 3.8) is 0 Å². The molecular weight excluding hydrogens is 330 g/mol. The summed E-state index contributed by atoms with van der Waals surface area (Å²) in [4.78, 5) is 13.9. The number of nitrogens with zero attached hydrogens (tertiary/aromatic N) is 1. The Balaban J connectivity index is 1.79. The number of para-hydroxylation sites is 1. The van der Waals surface area contributed by atoms with Crippen molar-refractivity contribution in [2.24, 2.45) is 5.92 Å². The number of rotatable bonds is 4. The Bertz CT molecular complexity index is 630. The molecule has 2 aromatic carbocycles. The SMILES string of the molecule is O=C1CC(CBr)CN1c1cccc(Oc2ccccc2)c1. The molecule has 3 nitrogen and oxygen atoms in total. The lowest BCUT2D eigenvalue weighted by molar-refractivity contribution is -0.117. The first-order valence-electron chi connectivity index (χ1n) is 6.95. The second kappa shape index (κ2) is 6.31. The maximum atomic E-state index is 12.1. The number of carbonyl (C=O) groups is 1. The number of ether oxygens (including phenoxy) is 1. The van der Waals surface area contributed by atoms with Crippen LogP contribution in [0, 0.1) is 5.92 Å². The number of benzene rings is 2. The van der Waals surface area contributed by atoms with E-state index in [4.69, 9.17) is 4.74 Å². The quantitative estimate of drug-likeness (QED) is 0.776. The van der Waals surface area contributed by atoms with E-state index in [1.165, 1.54) is 0 Å². The summed E-state index contributed by atoms with van der Waals surface area (Å²) < 4.78 is 5.82. The highest BCUT2D eigenvalue weighted by Gasteiger charge is 2.29. The smallest absolute Gasteiger partial charge is 0.227 e. The van der Waals surface area contributed by atoms with Crippen LogP contribution in [-0.4, -0.2) is 17.8 Å². The number of amides is 1. The predicted octanol–water partition coefficient (Wildman–Crippen LogP) is 4.23. The van der Waals surface area contributed by atoms with Gasteiger partial charge < -0.3 is 9.64 Å². The van der Waals surface area contributed by atoms with Gasteiger partial charge in [0.15, 0.2) is 0 Å². The monoisotopic (exact) mass is 345 g/mol. The topological polar surface area (TPSA) is 29.5 Å². The number of halogens is 1. The van der Waals surface area contributed by atoms with Crippen molar-refractivity contribution in [1.29, 1.82) is 0 Å². The molecule has 0 radical (unpaired) electrons. The normalized spacial score (nSPS) is 18.0. The number of alkyl halides is 1. The summed E-state index contributed by atoms with van der Waals surface area (Å²) in [6.45, 7) is 0.763. The number of anilines is 1. The van der Waals surface area contributed by atoms with E-state index in [0.29, 0.717) is 12.3 Å². The van der Waals surface area contributed by atoms with Gasteiger partial charge in [-0.3, -0.25) is 4.79 Å². The van der Waals surface area contributed by atoms with Gasteiger partial charge in [-0.05, 0) is 30.2 Å². The largest absolute Gasteiger partial charge is 0.457 e. The molecule has 1 amide bonds. The fourth-order valence-electron chi connectivity index (χ4n) is 2.47. The molecule has 21 heavy (non-hydrogen) atoms. The second-order valence-corrected chi connectivity index (χ2v) is 5.79. The Morgan fingerprint density at radius 1 is 1.10 bits per heavy atom. The zero-order chi connectivity index (χ0) is 14.7. The Morgan fingerprint density at radius 3 is 2.57 bits per heavy atom. The molecule has 1 saturated heterocycles. The zero-order valence-corrected chi connectivity index (χ0v) is 13.1. The van der Waals surface area contributed by atoms with E-state index >= 15 is 0 Å². The van der Waals surface area contributed by atoms with Crippen LogP contribution >= 0.6 is 15.9 Å². The molecule has 0 spiro atoms. The van der Waals surface area contributed by atoms with Gasteiger partial charge in [-0.1, -0.05) is 40.2 Å². The van der Waals surface area contributed by atoms with Gasteiger partial charge in [-0.15, -0.1) is 0 Å². The first kappa shape index (κ1) is 14.1. The van der Waals surface area contributed by atoms with Crippen LogP contribution < -0.4 is 9.64 Å². The standard InChI is InChI=1S/C17H16BrNO2/c18-11-13-9-17(20)19(12-13)14-5-4-8-16(10-14)21-15-6-2-1-3-7-15/h1-8,10,13H,9,11-12H2. The summed E-state index contributed by atoms with van der Waals surface area (Å²) in [6.07, 6.45) is 0.606. The van der Waals surface area contributed by atoms with Gasteiger partial charge in [0.25, 0.3) is 0 Å². The van der Waals surface area contributed by atoms with Gasteiger partial charge >= 0.3 is 0 Å². The van der Waals surface area contributed by atoms with Crippen molar-refractivity contribution in [2.75, 3.05) is 16.8 Å². The van der Waals surface area contributed by atoms with Gasteiger partial charge in [0, 0.05) is 30.0 Å². The lowest BCUT2D eigenvalue weighted by Gasteiger charge is -2.17. The van der Waals surface area contributed by atoms with E-state index < -0.39 is 0 Å². The Labute approximate surface area is 132 Å². The molecule has 0 saturated carbocycles. The lowest BCUT2D eigenvalue weighted by Crippen LogP contribution is -2.24. The molecule has 4 heteroatoms. The maximum absolute atomic E-state index is 12.1. The summed E-state index contributed by atoms with van der Waals surface area (Å²) in [5.74, 6) is 2.10. The van der Waals surface area contributed by atoms with Crippen LogP contribution in [0.4, 0.5) is 5.69 Å². The van der Waals surface area contributed by atoms with E-state index in [-0.39, 0.29) is 5.91 Å². The third kappa shape index (κ3) is 3.27. The average Bonchev–Trinajstić information content (AvgIpc) is 2.90. The summed E-state index contributed by atoms with van der Waals surface area (Å²) in [7, 11) is 0. The van der Waals surface area contributed by atoms with Crippen LogP contribution in [-0.2, 0) is 4.79 Å². The molecule has 1 fully saturated rings. The first-order valence-corrected chi connectivity index (χ1v) is 8.07. The van der Waals surface area contributed by atoms with Crippen LogP contribution in [0.1, 0.15) is 6.42 Å². The Morgan fingerprint density at radius 2 is 1.86 bits per heavy atom. The van der Waals surface area contributed by atoms with Crippen molar-refractivity contribution in [3.05, 3.63) is 54.6 Å². The molecule has 2 aromatic rings. The van der Waals surface area contributed by atoms with Gasteiger partial charge in [0.1, 0.15) is 11.5 Å². The molecule has 1 aliphatic rings. The lowest BCUT2D eigenvalue weighted by atomic mass is 10.2. The van der Waals surface area contributed by atoms with Crippen molar-refractivity contribution >= 4 is 27.5 Å². The minimum absolute atomic E-state index is 0.177. The highest BCUT2D eigenvalue weighted by molar-refractivity contribution is 9.09. The molecular formula is C17H16BrNO2. The first-order chi connectivity index (χ1) is 10.3. The van der Waals surface area contributed by atoms with E-state index in [0.717, 1.165) is 29.1 Å². The van der Waals surface area contributed by atoms with Crippen LogP contribution in [0.15, 0.2) is 54.6 Å². The van der Waals surface area contributed by atoms with E-state index in [1.807, 2.05) is 59.5 Å². The van der Waals surface area contributed by atoms with E-state index in [9.17, 15) is 4.79 Å². The Hall–Kier alpha value is -1.81. The summed E-state index contributed by atoms with van der Waals surface area (Å²) >= 11 is 3.46. The van der Waals surface area contributed by atoms with Crippen LogP contribution in [0.3, 0.4) is 0 Å². The second-order valence-electron chi connectivity index (χ2n) is 5.14. The van der Waals surface area contributed by atoms with E-state index in [1.54, 1.807) is 0 Å². The van der Waals surface area contributed by atoms with Gasteiger partial charge in [0.2, 0.25) is 5.91 Å². The third-order valence-electron chi connectivity index (χ3n) is 3.53. The average molecular weight is 346 g/mol. The zero-order valence-electron chi connectivity index (χ0n) is 11.5.